The van der Waals surface area contributed by atoms with Crippen molar-refractivity contribution >= 4 is 0 Å². The molecular formula is C19H31NO. The lowest BCUT2D eigenvalue weighted by atomic mass is 9.98. The molecule has 21 heavy (non-hydrogen) atoms. The molecule has 1 aliphatic rings. The SMILES string of the molecule is Cc1cc(OCCCN2CCC(C)CC2)ccc1C(C)C. The van der Waals surface area contributed by atoms with Crippen molar-refractivity contribution in [1.29, 1.82) is 0 Å². The third kappa shape index (κ3) is 5.03. The van der Waals surface area contributed by atoms with Gasteiger partial charge < -0.3 is 9.64 Å². The Bertz CT molecular complexity index is 433. The van der Waals surface area contributed by atoms with Crippen LogP contribution in [0.15, 0.2) is 18.2 Å². The van der Waals surface area contributed by atoms with E-state index >= 15 is 0 Å². The van der Waals surface area contributed by atoms with Crippen LogP contribution in [0.5, 0.6) is 5.75 Å². The van der Waals surface area contributed by atoms with Crippen molar-refractivity contribution in [1.82, 2.24) is 4.90 Å². The van der Waals surface area contributed by atoms with Crippen LogP contribution in [0.4, 0.5) is 0 Å². The van der Waals surface area contributed by atoms with Gasteiger partial charge in [0.2, 0.25) is 0 Å². The maximum absolute atomic E-state index is 5.91. The van der Waals surface area contributed by atoms with Gasteiger partial charge in [0.05, 0.1) is 6.61 Å². The van der Waals surface area contributed by atoms with Crippen LogP contribution < -0.4 is 4.74 Å². The molecule has 1 heterocycles. The van der Waals surface area contributed by atoms with E-state index in [4.69, 9.17) is 4.74 Å². The van der Waals surface area contributed by atoms with Gasteiger partial charge in [-0.2, -0.15) is 0 Å². The second-order valence-corrected chi connectivity index (χ2v) is 6.90. The summed E-state index contributed by atoms with van der Waals surface area (Å²) in [4.78, 5) is 2.58. The number of benzene rings is 1. The minimum atomic E-state index is 0.584. The van der Waals surface area contributed by atoms with E-state index in [0.717, 1.165) is 24.7 Å². The summed E-state index contributed by atoms with van der Waals surface area (Å²) in [5.41, 5.74) is 2.76. The van der Waals surface area contributed by atoms with Gasteiger partial charge in [0.1, 0.15) is 5.75 Å². The molecule has 0 aromatic heterocycles. The van der Waals surface area contributed by atoms with Crippen LogP contribution in [0.25, 0.3) is 0 Å². The highest BCUT2D eigenvalue weighted by molar-refractivity contribution is 5.36. The Balaban J connectivity index is 1.70. The average Bonchev–Trinajstić information content (AvgIpc) is 2.45. The molecule has 1 aromatic carbocycles. The monoisotopic (exact) mass is 289 g/mol. The lowest BCUT2D eigenvalue weighted by Crippen LogP contribution is -2.34. The summed E-state index contributed by atoms with van der Waals surface area (Å²) in [6.45, 7) is 13.6. The first kappa shape index (κ1) is 16.4. The molecule has 1 aliphatic heterocycles. The fourth-order valence-corrected chi connectivity index (χ4v) is 3.15. The molecule has 1 saturated heterocycles. The minimum absolute atomic E-state index is 0.584. The number of likely N-dealkylation sites (tertiary alicyclic amines) is 1. The van der Waals surface area contributed by atoms with Crippen molar-refractivity contribution in [2.24, 2.45) is 5.92 Å². The quantitative estimate of drug-likeness (QED) is 0.709. The number of hydrogen-bond donors (Lipinski definition) is 0. The van der Waals surface area contributed by atoms with E-state index in [2.05, 4.69) is 50.8 Å². The van der Waals surface area contributed by atoms with Crippen molar-refractivity contribution in [3.8, 4) is 5.75 Å². The highest BCUT2D eigenvalue weighted by atomic mass is 16.5. The second-order valence-electron chi connectivity index (χ2n) is 6.90. The maximum Gasteiger partial charge on any atom is 0.119 e. The van der Waals surface area contributed by atoms with Gasteiger partial charge in [-0.05, 0) is 74.4 Å². The number of aryl methyl sites for hydroxylation is 1. The summed E-state index contributed by atoms with van der Waals surface area (Å²) < 4.78 is 5.91. The zero-order valence-electron chi connectivity index (χ0n) is 14.2. The summed E-state index contributed by atoms with van der Waals surface area (Å²) in [5.74, 6) is 2.52. The van der Waals surface area contributed by atoms with E-state index in [0.29, 0.717) is 5.92 Å². The fraction of sp³-hybridized carbons (Fsp3) is 0.684. The van der Waals surface area contributed by atoms with Gasteiger partial charge in [-0.15, -0.1) is 0 Å². The first-order chi connectivity index (χ1) is 10.1. The molecule has 2 nitrogen and oxygen atoms in total. The van der Waals surface area contributed by atoms with Crippen LogP contribution in [-0.2, 0) is 0 Å². The lowest BCUT2D eigenvalue weighted by Gasteiger charge is -2.30. The molecule has 0 N–H and O–H groups in total. The highest BCUT2D eigenvalue weighted by Gasteiger charge is 2.14. The molecule has 0 atom stereocenters. The van der Waals surface area contributed by atoms with Crippen molar-refractivity contribution in [3.05, 3.63) is 29.3 Å². The van der Waals surface area contributed by atoms with Crippen molar-refractivity contribution in [2.75, 3.05) is 26.2 Å². The topological polar surface area (TPSA) is 12.5 Å². The van der Waals surface area contributed by atoms with E-state index < -0.39 is 0 Å². The summed E-state index contributed by atoms with van der Waals surface area (Å²) in [5, 5.41) is 0. The van der Waals surface area contributed by atoms with E-state index in [-0.39, 0.29) is 0 Å². The molecule has 1 aromatic rings. The third-order valence-electron chi connectivity index (χ3n) is 4.63. The number of hydrogen-bond acceptors (Lipinski definition) is 2. The molecule has 0 bridgehead atoms. The molecule has 1 fully saturated rings. The van der Waals surface area contributed by atoms with Gasteiger partial charge in [-0.3, -0.25) is 0 Å². The number of nitrogens with zero attached hydrogens (tertiary/aromatic N) is 1. The predicted octanol–water partition coefficient (Wildman–Crippen LogP) is 4.62. The van der Waals surface area contributed by atoms with Crippen LogP contribution in [0.1, 0.15) is 57.1 Å². The van der Waals surface area contributed by atoms with Gasteiger partial charge in [-0.1, -0.05) is 26.8 Å². The summed E-state index contributed by atoms with van der Waals surface area (Å²) in [6.07, 6.45) is 3.84. The third-order valence-corrected chi connectivity index (χ3v) is 4.63. The van der Waals surface area contributed by atoms with Gasteiger partial charge in [0.15, 0.2) is 0 Å². The highest BCUT2D eigenvalue weighted by Crippen LogP contribution is 2.23. The molecule has 0 unspecified atom stereocenters. The molecule has 0 spiro atoms. The Morgan fingerprint density at radius 1 is 1.24 bits per heavy atom. The van der Waals surface area contributed by atoms with Crippen LogP contribution in [0, 0.1) is 12.8 Å². The number of rotatable bonds is 6. The molecule has 0 radical (unpaired) electrons. The van der Waals surface area contributed by atoms with Gasteiger partial charge in [0.25, 0.3) is 0 Å². The van der Waals surface area contributed by atoms with E-state index in [1.807, 2.05) is 0 Å². The smallest absolute Gasteiger partial charge is 0.119 e. The van der Waals surface area contributed by atoms with E-state index in [1.165, 1.54) is 43.6 Å². The Labute approximate surface area is 130 Å². The molecule has 118 valence electrons. The van der Waals surface area contributed by atoms with Gasteiger partial charge in [-0.25, -0.2) is 0 Å². The normalized spacial score (nSPS) is 17.4. The van der Waals surface area contributed by atoms with Crippen molar-refractivity contribution in [3.63, 3.8) is 0 Å². The fourth-order valence-electron chi connectivity index (χ4n) is 3.15. The molecule has 2 rings (SSSR count). The largest absolute Gasteiger partial charge is 0.494 e. The van der Waals surface area contributed by atoms with Gasteiger partial charge >= 0.3 is 0 Å². The summed E-state index contributed by atoms with van der Waals surface area (Å²) in [7, 11) is 0. The molecule has 2 heteroatoms. The van der Waals surface area contributed by atoms with Gasteiger partial charge in [0, 0.05) is 6.54 Å². The average molecular weight is 289 g/mol. The van der Waals surface area contributed by atoms with E-state index in [1.54, 1.807) is 0 Å². The van der Waals surface area contributed by atoms with Crippen LogP contribution in [0.3, 0.4) is 0 Å². The standard InChI is InChI=1S/C19H31NO/c1-15(2)19-7-6-18(14-17(19)4)21-13-5-10-20-11-8-16(3)9-12-20/h6-7,14-16H,5,8-13H2,1-4H3. The number of ether oxygens (including phenoxy) is 1. The zero-order valence-corrected chi connectivity index (χ0v) is 14.2. The Kier molecular flexibility index (Phi) is 6.10. The van der Waals surface area contributed by atoms with Crippen molar-refractivity contribution in [2.45, 2.75) is 52.9 Å². The lowest BCUT2D eigenvalue weighted by molar-refractivity contribution is 0.177. The minimum Gasteiger partial charge on any atom is -0.494 e. The summed E-state index contributed by atoms with van der Waals surface area (Å²) >= 11 is 0. The number of piperidine rings is 1. The first-order valence-electron chi connectivity index (χ1n) is 8.52. The molecule has 0 aliphatic carbocycles. The molecule has 0 amide bonds. The zero-order chi connectivity index (χ0) is 15.2. The molecule has 0 saturated carbocycles. The van der Waals surface area contributed by atoms with E-state index in [9.17, 15) is 0 Å². The van der Waals surface area contributed by atoms with Crippen LogP contribution in [0.2, 0.25) is 0 Å². The Hall–Kier alpha value is -1.02. The Morgan fingerprint density at radius 3 is 2.57 bits per heavy atom. The Morgan fingerprint density at radius 2 is 1.95 bits per heavy atom. The summed E-state index contributed by atoms with van der Waals surface area (Å²) in [6, 6.07) is 6.50. The maximum atomic E-state index is 5.91. The molecular weight excluding hydrogens is 258 g/mol. The van der Waals surface area contributed by atoms with Crippen LogP contribution >= 0.6 is 0 Å². The van der Waals surface area contributed by atoms with Crippen LogP contribution in [-0.4, -0.2) is 31.1 Å². The predicted molar refractivity (Wildman–Crippen MR) is 90.2 cm³/mol. The second kappa shape index (κ2) is 7.84. The first-order valence-corrected chi connectivity index (χ1v) is 8.52. The van der Waals surface area contributed by atoms with Crippen molar-refractivity contribution < 1.29 is 4.74 Å².